The molecule has 1 heterocycles. The van der Waals surface area contributed by atoms with E-state index in [0.29, 0.717) is 30.2 Å². The lowest BCUT2D eigenvalue weighted by atomic mass is 10.1. The maximum atomic E-state index is 11.6. The zero-order valence-corrected chi connectivity index (χ0v) is 10.3. The quantitative estimate of drug-likeness (QED) is 0.653. The molecule has 0 amide bonds. The zero-order valence-electron chi connectivity index (χ0n) is 10.3. The van der Waals surface area contributed by atoms with Crippen LogP contribution in [-0.4, -0.2) is 32.4 Å². The smallest absolute Gasteiger partial charge is 0.341 e. The minimum atomic E-state index is -0.440. The second-order valence-corrected chi connectivity index (χ2v) is 4.15. The standard InChI is InChI=1S/C13H17NO4/c1-16-13(15)10-3-2-4-11(14)12(10)18-9-5-7-17-8-6-9/h2-4,9H,5-8,14H2,1H3. The van der Waals surface area contributed by atoms with Crippen molar-refractivity contribution >= 4 is 11.7 Å². The molecule has 1 aliphatic heterocycles. The van der Waals surface area contributed by atoms with Crippen molar-refractivity contribution in [1.82, 2.24) is 0 Å². The normalized spacial score (nSPS) is 16.3. The Labute approximate surface area is 106 Å². The summed E-state index contributed by atoms with van der Waals surface area (Å²) in [4.78, 5) is 11.6. The molecule has 1 aliphatic rings. The van der Waals surface area contributed by atoms with Crippen molar-refractivity contribution in [3.8, 4) is 5.75 Å². The highest BCUT2D eigenvalue weighted by Crippen LogP contribution is 2.29. The number of hydrogen-bond acceptors (Lipinski definition) is 5. The molecule has 0 bridgehead atoms. The van der Waals surface area contributed by atoms with Gasteiger partial charge in [-0.2, -0.15) is 0 Å². The summed E-state index contributed by atoms with van der Waals surface area (Å²) in [5.74, 6) is -0.0272. The molecule has 2 N–H and O–H groups in total. The Hall–Kier alpha value is -1.75. The largest absolute Gasteiger partial charge is 0.487 e. The van der Waals surface area contributed by atoms with Crippen LogP contribution in [0.3, 0.4) is 0 Å². The number of hydrogen-bond donors (Lipinski definition) is 1. The Morgan fingerprint density at radius 2 is 2.11 bits per heavy atom. The fourth-order valence-corrected chi connectivity index (χ4v) is 1.92. The molecule has 0 spiro atoms. The molecule has 18 heavy (non-hydrogen) atoms. The summed E-state index contributed by atoms with van der Waals surface area (Å²) >= 11 is 0. The molecule has 98 valence electrons. The number of para-hydroxylation sites is 1. The molecule has 0 aromatic heterocycles. The summed E-state index contributed by atoms with van der Waals surface area (Å²) in [6.45, 7) is 1.34. The van der Waals surface area contributed by atoms with Gasteiger partial charge in [-0.15, -0.1) is 0 Å². The van der Waals surface area contributed by atoms with Crippen LogP contribution in [-0.2, 0) is 9.47 Å². The van der Waals surface area contributed by atoms with E-state index in [1.165, 1.54) is 7.11 Å². The number of benzene rings is 1. The number of nitrogen functional groups attached to an aromatic ring is 1. The molecule has 0 saturated carbocycles. The zero-order chi connectivity index (χ0) is 13.0. The molecular weight excluding hydrogens is 234 g/mol. The Balaban J connectivity index is 2.21. The number of ether oxygens (including phenoxy) is 3. The Kier molecular flexibility index (Phi) is 4.04. The van der Waals surface area contributed by atoms with Crippen LogP contribution >= 0.6 is 0 Å². The molecule has 2 rings (SSSR count). The van der Waals surface area contributed by atoms with Crippen LogP contribution in [0.2, 0.25) is 0 Å². The molecule has 5 heteroatoms. The van der Waals surface area contributed by atoms with E-state index in [4.69, 9.17) is 19.9 Å². The van der Waals surface area contributed by atoms with E-state index < -0.39 is 5.97 Å². The fourth-order valence-electron chi connectivity index (χ4n) is 1.92. The molecule has 1 aromatic rings. The van der Waals surface area contributed by atoms with Crippen molar-refractivity contribution in [1.29, 1.82) is 0 Å². The van der Waals surface area contributed by atoms with Gasteiger partial charge in [0.1, 0.15) is 11.7 Å². The third-order valence-corrected chi connectivity index (χ3v) is 2.90. The van der Waals surface area contributed by atoms with E-state index in [9.17, 15) is 4.79 Å². The fraction of sp³-hybridized carbons (Fsp3) is 0.462. The Bertz CT molecular complexity index is 427. The highest BCUT2D eigenvalue weighted by Gasteiger charge is 2.21. The monoisotopic (exact) mass is 251 g/mol. The first-order valence-corrected chi connectivity index (χ1v) is 5.93. The molecule has 1 fully saturated rings. The van der Waals surface area contributed by atoms with E-state index in [-0.39, 0.29) is 6.10 Å². The van der Waals surface area contributed by atoms with Crippen molar-refractivity contribution in [2.45, 2.75) is 18.9 Å². The number of rotatable bonds is 3. The third kappa shape index (κ3) is 2.73. The van der Waals surface area contributed by atoms with Crippen LogP contribution in [0.15, 0.2) is 18.2 Å². The van der Waals surface area contributed by atoms with Gasteiger partial charge >= 0.3 is 5.97 Å². The first-order chi connectivity index (χ1) is 8.72. The molecular formula is C13H17NO4. The molecule has 5 nitrogen and oxygen atoms in total. The lowest BCUT2D eigenvalue weighted by Gasteiger charge is -2.24. The first kappa shape index (κ1) is 12.7. The summed E-state index contributed by atoms with van der Waals surface area (Å²) in [5.41, 5.74) is 6.68. The van der Waals surface area contributed by atoms with Crippen LogP contribution in [0, 0.1) is 0 Å². The van der Waals surface area contributed by atoms with Crippen LogP contribution in [0.5, 0.6) is 5.75 Å². The molecule has 0 radical (unpaired) electrons. The van der Waals surface area contributed by atoms with Crippen molar-refractivity contribution in [3.63, 3.8) is 0 Å². The van der Waals surface area contributed by atoms with E-state index in [0.717, 1.165) is 12.8 Å². The van der Waals surface area contributed by atoms with Gasteiger partial charge in [0.15, 0.2) is 5.75 Å². The van der Waals surface area contributed by atoms with Crippen molar-refractivity contribution < 1.29 is 19.0 Å². The SMILES string of the molecule is COC(=O)c1cccc(N)c1OC1CCOCC1. The summed E-state index contributed by atoms with van der Waals surface area (Å²) in [7, 11) is 1.34. The van der Waals surface area contributed by atoms with Crippen molar-refractivity contribution in [3.05, 3.63) is 23.8 Å². The Morgan fingerprint density at radius 3 is 2.78 bits per heavy atom. The van der Waals surface area contributed by atoms with Crippen molar-refractivity contribution in [2.24, 2.45) is 0 Å². The van der Waals surface area contributed by atoms with Crippen molar-refractivity contribution in [2.75, 3.05) is 26.1 Å². The molecule has 0 atom stereocenters. The van der Waals surface area contributed by atoms with Crippen LogP contribution in [0.1, 0.15) is 23.2 Å². The summed E-state index contributed by atoms with van der Waals surface area (Å²) < 4.78 is 15.8. The number of carbonyl (C=O) groups is 1. The molecule has 1 saturated heterocycles. The van der Waals surface area contributed by atoms with E-state index in [1.807, 2.05) is 0 Å². The second kappa shape index (κ2) is 5.73. The maximum absolute atomic E-state index is 11.6. The van der Waals surface area contributed by atoms with Crippen LogP contribution in [0.4, 0.5) is 5.69 Å². The number of methoxy groups -OCH3 is 1. The van der Waals surface area contributed by atoms with Crippen LogP contribution < -0.4 is 10.5 Å². The van der Waals surface area contributed by atoms with Gasteiger partial charge in [0.25, 0.3) is 0 Å². The van der Waals surface area contributed by atoms with E-state index >= 15 is 0 Å². The van der Waals surface area contributed by atoms with Gasteiger partial charge in [-0.05, 0) is 12.1 Å². The van der Waals surface area contributed by atoms with Gasteiger partial charge in [-0.3, -0.25) is 0 Å². The van der Waals surface area contributed by atoms with Gasteiger partial charge in [0, 0.05) is 12.8 Å². The molecule has 1 aromatic carbocycles. The highest BCUT2D eigenvalue weighted by atomic mass is 16.5. The topological polar surface area (TPSA) is 70.8 Å². The minimum Gasteiger partial charge on any atom is -0.487 e. The summed E-state index contributed by atoms with van der Waals surface area (Å²) in [6.07, 6.45) is 1.64. The first-order valence-electron chi connectivity index (χ1n) is 5.93. The van der Waals surface area contributed by atoms with Gasteiger partial charge in [-0.25, -0.2) is 4.79 Å². The molecule has 0 unspecified atom stereocenters. The van der Waals surface area contributed by atoms with Gasteiger partial charge < -0.3 is 19.9 Å². The average molecular weight is 251 g/mol. The maximum Gasteiger partial charge on any atom is 0.341 e. The van der Waals surface area contributed by atoms with Gasteiger partial charge in [-0.1, -0.05) is 6.07 Å². The van der Waals surface area contributed by atoms with E-state index in [1.54, 1.807) is 18.2 Å². The second-order valence-electron chi connectivity index (χ2n) is 4.15. The number of nitrogens with two attached hydrogens (primary N) is 1. The minimum absolute atomic E-state index is 0.0341. The third-order valence-electron chi connectivity index (χ3n) is 2.90. The van der Waals surface area contributed by atoms with Crippen LogP contribution in [0.25, 0.3) is 0 Å². The summed E-state index contributed by atoms with van der Waals surface area (Å²) in [5, 5.41) is 0. The lowest BCUT2D eigenvalue weighted by Crippen LogP contribution is -2.27. The predicted molar refractivity (Wildman–Crippen MR) is 66.7 cm³/mol. The number of carbonyl (C=O) groups excluding carboxylic acids is 1. The average Bonchev–Trinajstić information content (AvgIpc) is 2.41. The lowest BCUT2D eigenvalue weighted by molar-refractivity contribution is 0.0249. The highest BCUT2D eigenvalue weighted by molar-refractivity contribution is 5.94. The number of esters is 1. The Morgan fingerprint density at radius 1 is 1.39 bits per heavy atom. The number of anilines is 1. The summed E-state index contributed by atoms with van der Waals surface area (Å²) in [6, 6.07) is 5.07. The van der Waals surface area contributed by atoms with E-state index in [2.05, 4.69) is 0 Å². The van der Waals surface area contributed by atoms with Gasteiger partial charge in [0.2, 0.25) is 0 Å². The molecule has 0 aliphatic carbocycles. The van der Waals surface area contributed by atoms with Gasteiger partial charge in [0.05, 0.1) is 26.0 Å². The predicted octanol–water partition coefficient (Wildman–Crippen LogP) is 1.61.